The molecule has 4 rings (SSSR count). The van der Waals surface area contributed by atoms with Crippen molar-refractivity contribution in [3.8, 4) is 9.88 Å². The zero-order chi connectivity index (χ0) is 19.7. The number of halogens is 3. The normalized spacial score (nSPS) is 11.8. The van der Waals surface area contributed by atoms with E-state index in [1.54, 1.807) is 11.3 Å². The predicted octanol–water partition coefficient (Wildman–Crippen LogP) is 3.79. The van der Waals surface area contributed by atoms with E-state index in [9.17, 15) is 18.0 Å². The molecule has 0 saturated heterocycles. The van der Waals surface area contributed by atoms with Gasteiger partial charge in [-0.2, -0.15) is 13.2 Å². The van der Waals surface area contributed by atoms with Crippen LogP contribution >= 0.6 is 22.7 Å². The van der Waals surface area contributed by atoms with Crippen LogP contribution in [0.5, 0.6) is 0 Å². The molecule has 1 amide bonds. The summed E-state index contributed by atoms with van der Waals surface area (Å²) >= 11 is 3.03. The van der Waals surface area contributed by atoms with Gasteiger partial charge in [-0.05, 0) is 23.6 Å². The molecule has 144 valence electrons. The summed E-state index contributed by atoms with van der Waals surface area (Å²) in [6.07, 6.45) is -3.47. The van der Waals surface area contributed by atoms with Gasteiger partial charge in [0.1, 0.15) is 5.01 Å². The Morgan fingerprint density at radius 3 is 2.79 bits per heavy atom. The Hall–Kier alpha value is -2.79. The van der Waals surface area contributed by atoms with E-state index in [0.29, 0.717) is 5.69 Å². The highest BCUT2D eigenvalue weighted by Crippen LogP contribution is 2.29. The number of hydrogen-bond donors (Lipinski definition) is 1. The fraction of sp³-hybridized carbons (Fsp3) is 0.176. The van der Waals surface area contributed by atoms with Gasteiger partial charge in [-0.25, -0.2) is 4.98 Å². The molecule has 4 heterocycles. The van der Waals surface area contributed by atoms with Crippen LogP contribution in [0.15, 0.2) is 41.2 Å². The number of carbonyl (C=O) groups is 1. The van der Waals surface area contributed by atoms with Gasteiger partial charge >= 0.3 is 6.18 Å². The Labute approximate surface area is 164 Å². The first kappa shape index (κ1) is 18.6. The minimum Gasteiger partial charge on any atom is -0.348 e. The average molecular weight is 423 g/mol. The van der Waals surface area contributed by atoms with E-state index < -0.39 is 11.7 Å². The van der Waals surface area contributed by atoms with Crippen LogP contribution in [-0.2, 0) is 23.9 Å². The number of rotatable bonds is 5. The summed E-state index contributed by atoms with van der Waals surface area (Å²) in [4.78, 5) is 17.7. The molecule has 0 aromatic carbocycles. The van der Waals surface area contributed by atoms with Gasteiger partial charge in [0, 0.05) is 11.6 Å². The van der Waals surface area contributed by atoms with Gasteiger partial charge in [0.2, 0.25) is 5.91 Å². The number of nitrogens with zero attached hydrogens (tertiary/aromatic N) is 4. The second-order valence-electron chi connectivity index (χ2n) is 5.83. The van der Waals surface area contributed by atoms with Crippen LogP contribution in [0.1, 0.15) is 17.1 Å². The number of pyridine rings is 1. The molecule has 0 bridgehead atoms. The Balaban J connectivity index is 1.42. The summed E-state index contributed by atoms with van der Waals surface area (Å²) in [7, 11) is 0. The van der Waals surface area contributed by atoms with Crippen molar-refractivity contribution in [2.45, 2.75) is 19.1 Å². The molecule has 4 aromatic heterocycles. The summed E-state index contributed by atoms with van der Waals surface area (Å²) in [6, 6.07) is 6.07. The van der Waals surface area contributed by atoms with Gasteiger partial charge in [-0.1, -0.05) is 6.07 Å². The largest absolute Gasteiger partial charge is 0.417 e. The van der Waals surface area contributed by atoms with E-state index in [1.165, 1.54) is 21.8 Å². The summed E-state index contributed by atoms with van der Waals surface area (Å²) in [5.74, 6) is -0.0845. The van der Waals surface area contributed by atoms with Crippen molar-refractivity contribution in [3.05, 3.63) is 58.3 Å². The molecule has 0 unspecified atom stereocenters. The zero-order valence-corrected chi connectivity index (χ0v) is 15.7. The Bertz CT molecular complexity index is 1120. The fourth-order valence-electron chi connectivity index (χ4n) is 2.53. The molecule has 1 N–H and O–H groups in total. The van der Waals surface area contributed by atoms with Crippen LogP contribution < -0.4 is 5.32 Å². The summed E-state index contributed by atoms with van der Waals surface area (Å²) in [5, 5.41) is 14.9. The molecule has 28 heavy (non-hydrogen) atoms. The Kier molecular flexibility index (Phi) is 4.85. The lowest BCUT2D eigenvalue weighted by Gasteiger charge is -2.08. The molecule has 0 spiro atoms. The molecule has 0 radical (unpaired) electrons. The topological polar surface area (TPSA) is 72.2 Å². The second-order valence-corrected chi connectivity index (χ2v) is 7.64. The number of amides is 1. The SMILES string of the molecule is O=C(Cc1csc(-c2cccs2)n1)NCc1nnc2ccc(C(F)(F)F)cn12. The molecule has 4 aromatic rings. The van der Waals surface area contributed by atoms with E-state index in [-0.39, 0.29) is 30.3 Å². The minimum absolute atomic E-state index is 0.0385. The highest BCUT2D eigenvalue weighted by molar-refractivity contribution is 7.20. The predicted molar refractivity (Wildman–Crippen MR) is 99.0 cm³/mol. The van der Waals surface area contributed by atoms with Crippen molar-refractivity contribution in [1.29, 1.82) is 0 Å². The quantitative estimate of drug-likeness (QED) is 0.530. The number of fused-ring (bicyclic) bond motifs is 1. The fourth-order valence-corrected chi connectivity index (χ4v) is 4.17. The standard InChI is InChI=1S/C17H12F3N5OS2/c18-17(19,20)10-3-4-13-23-24-14(25(13)8-10)7-21-15(26)6-11-9-28-16(22-11)12-2-1-5-27-12/h1-5,8-9H,6-7H2,(H,21,26). The van der Waals surface area contributed by atoms with Crippen LogP contribution in [0, 0.1) is 0 Å². The molecule has 0 atom stereocenters. The molecule has 0 aliphatic heterocycles. The maximum Gasteiger partial charge on any atom is 0.417 e. The first-order valence-corrected chi connectivity index (χ1v) is 9.82. The first-order valence-electron chi connectivity index (χ1n) is 8.06. The highest BCUT2D eigenvalue weighted by Gasteiger charge is 2.31. The molecule has 6 nitrogen and oxygen atoms in total. The van der Waals surface area contributed by atoms with Gasteiger partial charge in [-0.15, -0.1) is 32.9 Å². The summed E-state index contributed by atoms with van der Waals surface area (Å²) in [6.45, 7) is -0.0385. The van der Waals surface area contributed by atoms with Gasteiger partial charge in [0.05, 0.1) is 29.1 Å². The smallest absolute Gasteiger partial charge is 0.348 e. The van der Waals surface area contributed by atoms with Crippen molar-refractivity contribution >= 4 is 34.2 Å². The van der Waals surface area contributed by atoms with E-state index in [2.05, 4.69) is 20.5 Å². The maximum absolute atomic E-state index is 12.9. The number of carbonyl (C=O) groups excluding carboxylic acids is 1. The van der Waals surface area contributed by atoms with Crippen molar-refractivity contribution in [1.82, 2.24) is 24.9 Å². The van der Waals surface area contributed by atoms with Gasteiger partial charge < -0.3 is 5.32 Å². The molecular formula is C17H12F3N5OS2. The van der Waals surface area contributed by atoms with Crippen molar-refractivity contribution in [2.24, 2.45) is 0 Å². The van der Waals surface area contributed by atoms with Crippen molar-refractivity contribution in [3.63, 3.8) is 0 Å². The highest BCUT2D eigenvalue weighted by atomic mass is 32.1. The van der Waals surface area contributed by atoms with Crippen LogP contribution in [0.25, 0.3) is 15.5 Å². The third kappa shape index (κ3) is 3.90. The molecule has 0 aliphatic rings. The van der Waals surface area contributed by atoms with Crippen LogP contribution in [0.3, 0.4) is 0 Å². The van der Waals surface area contributed by atoms with Crippen molar-refractivity contribution < 1.29 is 18.0 Å². The lowest BCUT2D eigenvalue weighted by molar-refractivity contribution is -0.137. The van der Waals surface area contributed by atoms with Gasteiger partial charge in [0.15, 0.2) is 11.5 Å². The number of nitrogens with one attached hydrogen (secondary N) is 1. The van der Waals surface area contributed by atoms with Crippen molar-refractivity contribution in [2.75, 3.05) is 0 Å². The lowest BCUT2D eigenvalue weighted by Crippen LogP contribution is -2.25. The third-order valence-corrected chi connectivity index (χ3v) is 5.80. The molecule has 11 heteroatoms. The van der Waals surface area contributed by atoms with E-state index in [1.807, 2.05) is 22.9 Å². The minimum atomic E-state index is -4.47. The third-order valence-electron chi connectivity index (χ3n) is 3.87. The van der Waals surface area contributed by atoms with Gasteiger partial charge in [-0.3, -0.25) is 9.20 Å². The van der Waals surface area contributed by atoms with Crippen LogP contribution in [0.4, 0.5) is 13.2 Å². The summed E-state index contributed by atoms with van der Waals surface area (Å²) < 4.78 is 39.9. The number of thiophene rings is 1. The molecule has 0 fully saturated rings. The zero-order valence-electron chi connectivity index (χ0n) is 14.1. The number of aromatic nitrogens is 4. The number of thiazole rings is 1. The monoisotopic (exact) mass is 423 g/mol. The molecule has 0 aliphatic carbocycles. The van der Waals surface area contributed by atoms with Crippen LogP contribution in [-0.4, -0.2) is 25.5 Å². The average Bonchev–Trinajstić information content (AvgIpc) is 3.39. The molecular weight excluding hydrogens is 411 g/mol. The first-order chi connectivity index (χ1) is 13.4. The number of alkyl halides is 3. The van der Waals surface area contributed by atoms with Gasteiger partial charge in [0.25, 0.3) is 0 Å². The van der Waals surface area contributed by atoms with E-state index >= 15 is 0 Å². The summed E-state index contributed by atoms with van der Waals surface area (Å²) in [5.41, 5.74) is 0.102. The second kappa shape index (κ2) is 7.32. The number of hydrogen-bond acceptors (Lipinski definition) is 6. The Morgan fingerprint density at radius 2 is 2.04 bits per heavy atom. The van der Waals surface area contributed by atoms with Crippen LogP contribution in [0.2, 0.25) is 0 Å². The molecule has 0 saturated carbocycles. The Morgan fingerprint density at radius 1 is 1.18 bits per heavy atom. The van der Waals surface area contributed by atoms with E-state index in [4.69, 9.17) is 0 Å². The maximum atomic E-state index is 12.9. The lowest BCUT2D eigenvalue weighted by atomic mass is 10.3. The van der Waals surface area contributed by atoms with E-state index in [0.717, 1.165) is 22.1 Å².